The monoisotopic (exact) mass is 302 g/mol. The van der Waals surface area contributed by atoms with Crippen molar-refractivity contribution in [2.45, 2.75) is 26.7 Å². The van der Waals surface area contributed by atoms with Crippen LogP contribution in [-0.4, -0.2) is 0 Å². The molecule has 0 atom stereocenters. The predicted molar refractivity (Wildman–Crippen MR) is 67.2 cm³/mol. The van der Waals surface area contributed by atoms with E-state index in [2.05, 4.69) is 38.1 Å². The van der Waals surface area contributed by atoms with E-state index in [-0.39, 0.29) is 19.5 Å². The zero-order valence-corrected chi connectivity index (χ0v) is 11.8. The van der Waals surface area contributed by atoms with E-state index in [1.807, 2.05) is 30.3 Å². The molecule has 16 heavy (non-hydrogen) atoms. The van der Waals surface area contributed by atoms with Crippen molar-refractivity contribution in [1.29, 1.82) is 0 Å². The van der Waals surface area contributed by atoms with E-state index in [9.17, 15) is 0 Å². The minimum absolute atomic E-state index is 0. The number of rotatable bonds is 3. The summed E-state index contributed by atoms with van der Waals surface area (Å²) in [5.74, 6) is 0.829. The molecular weight excluding hydrogens is 281 g/mol. The average Bonchev–Trinajstić information content (AvgIpc) is 2.91. The van der Waals surface area contributed by atoms with E-state index in [4.69, 9.17) is 0 Å². The van der Waals surface area contributed by atoms with E-state index >= 15 is 0 Å². The van der Waals surface area contributed by atoms with Crippen LogP contribution in [-0.2, 0) is 25.9 Å². The molecule has 88 valence electrons. The normalized spacial score (nSPS) is 9.19. The molecule has 0 aromatic heterocycles. The van der Waals surface area contributed by atoms with E-state index in [1.165, 1.54) is 18.4 Å². The van der Waals surface area contributed by atoms with Crippen molar-refractivity contribution in [3.8, 4) is 0 Å². The third-order valence-electron chi connectivity index (χ3n) is 2.30. The van der Waals surface area contributed by atoms with Crippen LogP contribution in [0.15, 0.2) is 54.6 Å². The molecule has 0 fully saturated rings. The molecule has 0 unspecified atom stereocenters. The first-order chi connectivity index (χ1) is 7.29. The fourth-order valence-corrected chi connectivity index (χ4v) is 1.36. The molecule has 0 amide bonds. The van der Waals surface area contributed by atoms with Crippen molar-refractivity contribution in [3.63, 3.8) is 0 Å². The van der Waals surface area contributed by atoms with Crippen molar-refractivity contribution in [2.24, 2.45) is 5.92 Å². The molecule has 0 N–H and O–H groups in total. The molecule has 0 aliphatic rings. The van der Waals surface area contributed by atoms with Gasteiger partial charge in [0.15, 0.2) is 0 Å². The van der Waals surface area contributed by atoms with Gasteiger partial charge in [0, 0.05) is 0 Å². The van der Waals surface area contributed by atoms with E-state index < -0.39 is 0 Å². The summed E-state index contributed by atoms with van der Waals surface area (Å²) in [4.78, 5) is 0. The average molecular weight is 301 g/mol. The molecule has 0 nitrogen and oxygen atoms in total. The first-order valence-corrected chi connectivity index (χ1v) is 5.66. The Labute approximate surface area is 112 Å². The summed E-state index contributed by atoms with van der Waals surface area (Å²) in [6, 6.07) is 18.6. The Morgan fingerprint density at radius 1 is 1.00 bits per heavy atom. The molecule has 0 bridgehead atoms. The Kier molecular flexibility index (Phi) is 9.14. The zero-order valence-electron chi connectivity index (χ0n) is 10.0. The molecule has 0 heterocycles. The standard InChI is InChI=1S/C10H15.C5H5.Ru/c1-9(2)7-8-10-5-3-4-6-10;1-2-4-5-3-1;/h3-6,9H,7-8H2,1-2H3;1-5H;/q2*-1;+2. The molecule has 0 radical (unpaired) electrons. The van der Waals surface area contributed by atoms with Crippen LogP contribution >= 0.6 is 0 Å². The summed E-state index contributed by atoms with van der Waals surface area (Å²) in [5.41, 5.74) is 1.48. The van der Waals surface area contributed by atoms with Gasteiger partial charge in [-0.05, 0) is 5.92 Å². The predicted octanol–water partition coefficient (Wildman–Crippen LogP) is 4.40. The molecule has 2 rings (SSSR count). The maximum absolute atomic E-state index is 2.27. The van der Waals surface area contributed by atoms with Crippen LogP contribution < -0.4 is 0 Å². The second-order valence-corrected chi connectivity index (χ2v) is 4.19. The van der Waals surface area contributed by atoms with Gasteiger partial charge in [0.25, 0.3) is 0 Å². The van der Waals surface area contributed by atoms with Crippen molar-refractivity contribution in [2.75, 3.05) is 0 Å². The third-order valence-corrected chi connectivity index (χ3v) is 2.30. The first kappa shape index (κ1) is 15.3. The second-order valence-electron chi connectivity index (χ2n) is 4.19. The van der Waals surface area contributed by atoms with Gasteiger partial charge in [-0.1, -0.05) is 26.7 Å². The van der Waals surface area contributed by atoms with Crippen molar-refractivity contribution in [1.82, 2.24) is 0 Å². The fraction of sp³-hybridized carbons (Fsp3) is 0.333. The van der Waals surface area contributed by atoms with Crippen LogP contribution in [0.5, 0.6) is 0 Å². The maximum Gasteiger partial charge on any atom is 2.00 e. The van der Waals surface area contributed by atoms with Gasteiger partial charge in [-0.25, -0.2) is 24.3 Å². The Morgan fingerprint density at radius 3 is 1.94 bits per heavy atom. The quantitative estimate of drug-likeness (QED) is 0.582. The molecule has 0 spiro atoms. The molecule has 0 aliphatic heterocycles. The molecule has 2 aromatic rings. The van der Waals surface area contributed by atoms with Crippen molar-refractivity contribution < 1.29 is 19.5 Å². The van der Waals surface area contributed by atoms with Gasteiger partial charge in [0.05, 0.1) is 0 Å². The van der Waals surface area contributed by atoms with E-state index in [0.29, 0.717) is 0 Å². The molecule has 0 aliphatic carbocycles. The van der Waals surface area contributed by atoms with Crippen LogP contribution in [0.25, 0.3) is 0 Å². The van der Waals surface area contributed by atoms with Gasteiger partial charge < -0.3 is 0 Å². The molecular formula is C15H20Ru. The second kappa shape index (κ2) is 9.54. The summed E-state index contributed by atoms with van der Waals surface area (Å²) in [6.07, 6.45) is 2.55. The zero-order chi connectivity index (χ0) is 10.9. The smallest absolute Gasteiger partial charge is 0.214 e. The maximum atomic E-state index is 2.27. The Morgan fingerprint density at radius 2 is 1.56 bits per heavy atom. The SMILES string of the molecule is CC(C)CC[c-]1cccc1.[Ru+2].c1cc[cH-]c1. The van der Waals surface area contributed by atoms with Gasteiger partial charge in [0.1, 0.15) is 0 Å². The minimum Gasteiger partial charge on any atom is -0.214 e. The molecule has 2 aromatic carbocycles. The van der Waals surface area contributed by atoms with Crippen LogP contribution in [0.4, 0.5) is 0 Å². The van der Waals surface area contributed by atoms with Crippen LogP contribution in [0.2, 0.25) is 0 Å². The number of hydrogen-bond donors (Lipinski definition) is 0. The van der Waals surface area contributed by atoms with Crippen LogP contribution in [0, 0.1) is 5.92 Å². The molecule has 0 saturated carbocycles. The summed E-state index contributed by atoms with van der Waals surface area (Å²) in [7, 11) is 0. The summed E-state index contributed by atoms with van der Waals surface area (Å²) in [5, 5.41) is 0. The Hall–Kier alpha value is -0.677. The van der Waals surface area contributed by atoms with E-state index in [0.717, 1.165) is 5.92 Å². The number of hydrogen-bond acceptors (Lipinski definition) is 0. The Bertz CT molecular complexity index is 286. The molecule has 1 heteroatoms. The number of aryl methyl sites for hydroxylation is 1. The van der Waals surface area contributed by atoms with Gasteiger partial charge >= 0.3 is 19.5 Å². The fourth-order valence-electron chi connectivity index (χ4n) is 1.36. The first-order valence-electron chi connectivity index (χ1n) is 5.66. The van der Waals surface area contributed by atoms with Crippen LogP contribution in [0.3, 0.4) is 0 Å². The van der Waals surface area contributed by atoms with Gasteiger partial charge in [0.2, 0.25) is 0 Å². The summed E-state index contributed by atoms with van der Waals surface area (Å²) in [6.45, 7) is 4.53. The largest absolute Gasteiger partial charge is 2.00 e. The third kappa shape index (κ3) is 7.59. The van der Waals surface area contributed by atoms with Crippen molar-refractivity contribution >= 4 is 0 Å². The van der Waals surface area contributed by atoms with Gasteiger partial charge in [-0.2, -0.15) is 35.9 Å². The Balaban J connectivity index is 0.000000318. The van der Waals surface area contributed by atoms with E-state index in [1.54, 1.807) is 0 Å². The minimum atomic E-state index is 0. The van der Waals surface area contributed by atoms with Gasteiger partial charge in [-0.3, -0.25) is 0 Å². The van der Waals surface area contributed by atoms with Crippen LogP contribution in [0.1, 0.15) is 25.8 Å². The van der Waals surface area contributed by atoms with Crippen molar-refractivity contribution in [3.05, 3.63) is 60.2 Å². The van der Waals surface area contributed by atoms with Gasteiger partial charge in [-0.15, -0.1) is 0 Å². The molecule has 0 saturated heterocycles. The summed E-state index contributed by atoms with van der Waals surface area (Å²) < 4.78 is 0. The summed E-state index contributed by atoms with van der Waals surface area (Å²) >= 11 is 0. The topological polar surface area (TPSA) is 0 Å².